The van der Waals surface area contributed by atoms with E-state index in [1.165, 1.54) is 16.4 Å². The fourth-order valence-electron chi connectivity index (χ4n) is 2.81. The van der Waals surface area contributed by atoms with Crippen molar-refractivity contribution in [1.82, 2.24) is 9.62 Å². The van der Waals surface area contributed by atoms with Crippen LogP contribution in [0.5, 0.6) is 0 Å². The molecule has 1 aromatic carbocycles. The molecule has 1 fully saturated rings. The summed E-state index contributed by atoms with van der Waals surface area (Å²) >= 11 is 0. The number of urea groups is 1. The number of hydrogen-bond donors (Lipinski definition) is 3. The maximum Gasteiger partial charge on any atom is 0.312 e. The molecule has 1 heterocycles. The predicted octanol–water partition coefficient (Wildman–Crippen LogP) is 1.64. The molecule has 0 bridgehead atoms. The second-order valence-corrected chi connectivity index (χ2v) is 8.22. The summed E-state index contributed by atoms with van der Waals surface area (Å²) in [6.07, 6.45) is 4.44. The Labute approximate surface area is 154 Å². The second-order valence-electron chi connectivity index (χ2n) is 6.29. The Morgan fingerprint density at radius 3 is 2.31 bits per heavy atom. The molecule has 26 heavy (non-hydrogen) atoms. The molecule has 0 unspecified atom stereocenters. The fourth-order valence-corrected chi connectivity index (χ4v) is 4.33. The molecule has 0 aliphatic carbocycles. The number of nitrogens with zero attached hydrogens (tertiary/aromatic N) is 1. The SMILES string of the molecule is NC(=O)NCCCCC(=O)Nc1ccc(S(=O)(=O)N2CCCCC2)cc1. The monoisotopic (exact) mass is 382 g/mol. The highest BCUT2D eigenvalue weighted by Crippen LogP contribution is 2.22. The number of nitrogens with one attached hydrogen (secondary N) is 2. The van der Waals surface area contributed by atoms with Gasteiger partial charge in [-0.3, -0.25) is 4.79 Å². The van der Waals surface area contributed by atoms with Crippen LogP contribution in [-0.2, 0) is 14.8 Å². The third-order valence-electron chi connectivity index (χ3n) is 4.22. The number of nitrogens with two attached hydrogens (primary N) is 1. The number of piperidine rings is 1. The Kier molecular flexibility index (Phi) is 7.40. The quantitative estimate of drug-likeness (QED) is 0.592. The maximum absolute atomic E-state index is 12.6. The smallest absolute Gasteiger partial charge is 0.312 e. The summed E-state index contributed by atoms with van der Waals surface area (Å²) in [5.41, 5.74) is 5.51. The standard InChI is InChI=1S/C17H26N4O4S/c18-17(23)19-11-3-2-6-16(22)20-14-7-9-15(10-8-14)26(24,25)21-12-4-1-5-13-21/h7-10H,1-6,11-13H2,(H,20,22)(H3,18,19,23). The normalized spacial score (nSPS) is 15.4. The van der Waals surface area contributed by atoms with Gasteiger partial charge in [-0.15, -0.1) is 0 Å². The molecule has 8 nitrogen and oxygen atoms in total. The zero-order chi connectivity index (χ0) is 19.0. The van der Waals surface area contributed by atoms with E-state index in [4.69, 9.17) is 5.73 Å². The molecule has 1 aliphatic heterocycles. The molecule has 0 radical (unpaired) electrons. The summed E-state index contributed by atoms with van der Waals surface area (Å²) < 4.78 is 26.7. The van der Waals surface area contributed by atoms with Crippen LogP contribution in [0, 0.1) is 0 Å². The van der Waals surface area contributed by atoms with Gasteiger partial charge in [0.2, 0.25) is 15.9 Å². The maximum atomic E-state index is 12.6. The zero-order valence-electron chi connectivity index (χ0n) is 14.7. The highest BCUT2D eigenvalue weighted by atomic mass is 32.2. The van der Waals surface area contributed by atoms with E-state index in [0.29, 0.717) is 44.6 Å². The third-order valence-corrected chi connectivity index (χ3v) is 6.13. The largest absolute Gasteiger partial charge is 0.352 e. The lowest BCUT2D eigenvalue weighted by molar-refractivity contribution is -0.116. The number of carbonyl (C=O) groups is 2. The number of sulfonamides is 1. The highest BCUT2D eigenvalue weighted by molar-refractivity contribution is 7.89. The van der Waals surface area contributed by atoms with Crippen LogP contribution < -0.4 is 16.4 Å². The van der Waals surface area contributed by atoms with E-state index in [9.17, 15) is 18.0 Å². The van der Waals surface area contributed by atoms with Crippen molar-refractivity contribution in [2.45, 2.75) is 43.4 Å². The van der Waals surface area contributed by atoms with Crippen molar-refractivity contribution < 1.29 is 18.0 Å². The lowest BCUT2D eigenvalue weighted by Crippen LogP contribution is -2.35. The van der Waals surface area contributed by atoms with E-state index < -0.39 is 16.1 Å². The first-order valence-electron chi connectivity index (χ1n) is 8.83. The minimum absolute atomic E-state index is 0.157. The molecule has 3 amide bonds. The average molecular weight is 382 g/mol. The summed E-state index contributed by atoms with van der Waals surface area (Å²) in [5, 5.41) is 5.20. The van der Waals surface area contributed by atoms with Crippen LogP contribution in [0.4, 0.5) is 10.5 Å². The van der Waals surface area contributed by atoms with Crippen LogP contribution >= 0.6 is 0 Å². The molecule has 0 saturated carbocycles. The van der Waals surface area contributed by atoms with E-state index in [-0.39, 0.29) is 10.8 Å². The summed E-state index contributed by atoms with van der Waals surface area (Å²) in [6, 6.07) is 5.67. The highest BCUT2D eigenvalue weighted by Gasteiger charge is 2.25. The van der Waals surface area contributed by atoms with Gasteiger partial charge in [0, 0.05) is 31.7 Å². The number of anilines is 1. The fraction of sp³-hybridized carbons (Fsp3) is 0.529. The number of rotatable bonds is 8. The first-order chi connectivity index (χ1) is 12.4. The van der Waals surface area contributed by atoms with Crippen LogP contribution in [0.3, 0.4) is 0 Å². The number of primary amides is 1. The van der Waals surface area contributed by atoms with Crippen LogP contribution in [0.2, 0.25) is 0 Å². The second kappa shape index (κ2) is 9.54. The lowest BCUT2D eigenvalue weighted by atomic mass is 10.2. The Balaban J connectivity index is 1.83. The van der Waals surface area contributed by atoms with Gasteiger partial charge in [-0.25, -0.2) is 13.2 Å². The van der Waals surface area contributed by atoms with Crippen molar-refractivity contribution >= 4 is 27.6 Å². The molecule has 9 heteroatoms. The average Bonchev–Trinajstić information content (AvgIpc) is 2.62. The van der Waals surface area contributed by atoms with Gasteiger partial charge >= 0.3 is 6.03 Å². The Bertz CT molecular complexity index is 713. The van der Waals surface area contributed by atoms with E-state index in [0.717, 1.165) is 19.3 Å². The van der Waals surface area contributed by atoms with Crippen molar-refractivity contribution in [2.75, 3.05) is 25.0 Å². The molecule has 1 saturated heterocycles. The van der Waals surface area contributed by atoms with Crippen molar-refractivity contribution in [3.63, 3.8) is 0 Å². The van der Waals surface area contributed by atoms with Gasteiger partial charge in [0.1, 0.15) is 0 Å². The molecule has 4 N–H and O–H groups in total. The predicted molar refractivity (Wildman–Crippen MR) is 99.1 cm³/mol. The van der Waals surface area contributed by atoms with Crippen LogP contribution in [-0.4, -0.2) is 44.3 Å². The molecule has 144 valence electrons. The van der Waals surface area contributed by atoms with Gasteiger partial charge in [0.25, 0.3) is 0 Å². The minimum Gasteiger partial charge on any atom is -0.352 e. The number of benzene rings is 1. The topological polar surface area (TPSA) is 122 Å². The van der Waals surface area contributed by atoms with Crippen molar-refractivity contribution in [3.8, 4) is 0 Å². The van der Waals surface area contributed by atoms with E-state index in [2.05, 4.69) is 10.6 Å². The Hall–Kier alpha value is -2.13. The summed E-state index contributed by atoms with van der Waals surface area (Å²) in [4.78, 5) is 22.7. The molecular formula is C17H26N4O4S. The minimum atomic E-state index is -3.46. The van der Waals surface area contributed by atoms with Crippen LogP contribution in [0.25, 0.3) is 0 Å². The summed E-state index contributed by atoms with van der Waals surface area (Å²) in [5.74, 6) is -0.157. The van der Waals surface area contributed by atoms with Crippen LogP contribution in [0.15, 0.2) is 29.2 Å². The molecule has 1 aliphatic rings. The Morgan fingerprint density at radius 2 is 1.69 bits per heavy atom. The number of amides is 3. The molecule has 2 rings (SSSR count). The summed E-state index contributed by atoms with van der Waals surface area (Å²) in [6.45, 7) is 1.56. The summed E-state index contributed by atoms with van der Waals surface area (Å²) in [7, 11) is -3.46. The molecule has 0 atom stereocenters. The van der Waals surface area contributed by atoms with Crippen molar-refractivity contribution in [2.24, 2.45) is 5.73 Å². The molecule has 0 aromatic heterocycles. The van der Waals surface area contributed by atoms with Gasteiger partial charge in [-0.2, -0.15) is 4.31 Å². The van der Waals surface area contributed by atoms with Gasteiger partial charge in [-0.1, -0.05) is 6.42 Å². The first kappa shape index (κ1) is 20.2. The van der Waals surface area contributed by atoms with Gasteiger partial charge in [-0.05, 0) is 49.9 Å². The first-order valence-corrected chi connectivity index (χ1v) is 10.3. The number of carbonyl (C=O) groups excluding carboxylic acids is 2. The van der Waals surface area contributed by atoms with E-state index >= 15 is 0 Å². The third kappa shape index (κ3) is 5.99. The van der Waals surface area contributed by atoms with Crippen molar-refractivity contribution in [3.05, 3.63) is 24.3 Å². The van der Waals surface area contributed by atoms with Crippen LogP contribution in [0.1, 0.15) is 38.5 Å². The van der Waals surface area contributed by atoms with E-state index in [1.807, 2.05) is 0 Å². The Morgan fingerprint density at radius 1 is 1.04 bits per heavy atom. The number of unbranched alkanes of at least 4 members (excludes halogenated alkanes) is 1. The van der Waals surface area contributed by atoms with Gasteiger partial charge in [0.05, 0.1) is 4.90 Å². The molecule has 0 spiro atoms. The van der Waals surface area contributed by atoms with Gasteiger partial charge in [0.15, 0.2) is 0 Å². The lowest BCUT2D eigenvalue weighted by Gasteiger charge is -2.25. The number of hydrogen-bond acceptors (Lipinski definition) is 4. The molecule has 1 aromatic rings. The molecular weight excluding hydrogens is 356 g/mol. The zero-order valence-corrected chi connectivity index (χ0v) is 15.6. The van der Waals surface area contributed by atoms with Crippen molar-refractivity contribution in [1.29, 1.82) is 0 Å². The van der Waals surface area contributed by atoms with Gasteiger partial charge < -0.3 is 16.4 Å². The van der Waals surface area contributed by atoms with E-state index in [1.54, 1.807) is 12.1 Å².